The van der Waals surface area contributed by atoms with Crippen LogP contribution in [0, 0.1) is 0 Å². The Kier molecular flexibility index (Phi) is 4.75. The number of oxime groups is 1. The number of aromatic nitrogens is 2. The molecule has 0 fully saturated rings. The van der Waals surface area contributed by atoms with Crippen molar-refractivity contribution in [1.82, 2.24) is 15.3 Å². The molecule has 1 heterocycles. The van der Waals surface area contributed by atoms with Crippen LogP contribution >= 0.6 is 0 Å². The number of nitrogens with zero attached hydrogens (tertiary/aromatic N) is 2. The Labute approximate surface area is 120 Å². The molecule has 0 saturated carbocycles. The minimum atomic E-state index is -0.245. The first-order valence-corrected chi connectivity index (χ1v) is 6.13. The summed E-state index contributed by atoms with van der Waals surface area (Å²) in [5.41, 5.74) is 6.81. The molecule has 0 aliphatic rings. The van der Waals surface area contributed by atoms with Crippen molar-refractivity contribution in [3.05, 3.63) is 48.0 Å². The largest absolute Gasteiger partial charge is 0.484 e. The van der Waals surface area contributed by atoms with Gasteiger partial charge in [-0.2, -0.15) is 0 Å². The molecule has 2 aromatic rings. The van der Waals surface area contributed by atoms with Gasteiger partial charge in [-0.15, -0.1) is 0 Å². The molecule has 0 bridgehead atoms. The Morgan fingerprint density at radius 2 is 2.19 bits per heavy atom. The van der Waals surface area contributed by atoms with Crippen LogP contribution in [0.2, 0.25) is 0 Å². The highest BCUT2D eigenvalue weighted by atomic mass is 16.5. The summed E-state index contributed by atoms with van der Waals surface area (Å²) in [6, 6.07) is 6.53. The number of nitrogens with one attached hydrogen (secondary N) is 2. The number of rotatable bonds is 6. The number of amidine groups is 1. The number of H-pyrrole nitrogens is 1. The summed E-state index contributed by atoms with van der Waals surface area (Å²) in [7, 11) is 0. The summed E-state index contributed by atoms with van der Waals surface area (Å²) >= 11 is 0. The van der Waals surface area contributed by atoms with E-state index in [9.17, 15) is 4.79 Å². The van der Waals surface area contributed by atoms with Crippen LogP contribution in [0.25, 0.3) is 0 Å². The molecule has 8 nitrogen and oxygen atoms in total. The Balaban J connectivity index is 1.78. The van der Waals surface area contributed by atoms with Gasteiger partial charge in [-0.3, -0.25) is 4.79 Å². The van der Waals surface area contributed by atoms with Crippen molar-refractivity contribution in [2.24, 2.45) is 10.9 Å². The zero-order chi connectivity index (χ0) is 15.1. The number of hydrogen-bond donors (Lipinski definition) is 4. The van der Waals surface area contributed by atoms with Crippen LogP contribution in [0.15, 0.2) is 41.9 Å². The van der Waals surface area contributed by atoms with E-state index in [1.807, 2.05) is 0 Å². The van der Waals surface area contributed by atoms with Crippen LogP contribution in [0.4, 0.5) is 0 Å². The second-order valence-corrected chi connectivity index (χ2v) is 4.15. The van der Waals surface area contributed by atoms with Gasteiger partial charge in [-0.1, -0.05) is 5.16 Å². The van der Waals surface area contributed by atoms with E-state index in [1.165, 1.54) is 0 Å². The molecule has 0 aliphatic carbocycles. The third kappa shape index (κ3) is 4.23. The number of amides is 1. The van der Waals surface area contributed by atoms with Gasteiger partial charge in [0.15, 0.2) is 12.4 Å². The Hall–Kier alpha value is -3.03. The molecule has 0 aliphatic heterocycles. The predicted molar refractivity (Wildman–Crippen MR) is 74.9 cm³/mol. The van der Waals surface area contributed by atoms with Crippen LogP contribution in [0.3, 0.4) is 0 Å². The van der Waals surface area contributed by atoms with Crippen molar-refractivity contribution in [3.8, 4) is 5.75 Å². The Morgan fingerprint density at radius 3 is 2.81 bits per heavy atom. The minimum Gasteiger partial charge on any atom is -0.484 e. The Bertz CT molecular complexity index is 607. The van der Waals surface area contributed by atoms with E-state index in [0.29, 0.717) is 17.9 Å². The lowest BCUT2D eigenvalue weighted by molar-refractivity contribution is -0.123. The lowest BCUT2D eigenvalue weighted by atomic mass is 10.2. The molecule has 0 spiro atoms. The molecule has 110 valence electrons. The normalized spacial score (nSPS) is 11.1. The molecule has 1 amide bonds. The SMILES string of the molecule is NC(=NO)c1ccc(OCC(=O)NCc2cnc[nH]2)cc1. The number of hydrogen-bond acceptors (Lipinski definition) is 5. The molecule has 0 atom stereocenters. The predicted octanol–water partition coefficient (Wildman–Crippen LogP) is 0.199. The summed E-state index contributed by atoms with van der Waals surface area (Å²) in [4.78, 5) is 18.3. The highest BCUT2D eigenvalue weighted by Gasteiger charge is 2.04. The summed E-state index contributed by atoms with van der Waals surface area (Å²) in [6.07, 6.45) is 3.17. The quantitative estimate of drug-likeness (QED) is 0.261. The van der Waals surface area contributed by atoms with E-state index in [1.54, 1.807) is 36.8 Å². The second-order valence-electron chi connectivity index (χ2n) is 4.15. The molecule has 2 rings (SSSR count). The fourth-order valence-electron chi connectivity index (χ4n) is 1.55. The van der Waals surface area contributed by atoms with Crippen molar-refractivity contribution in [2.45, 2.75) is 6.54 Å². The van der Waals surface area contributed by atoms with Gasteiger partial charge in [0.05, 0.1) is 18.6 Å². The molecule has 0 radical (unpaired) electrons. The van der Waals surface area contributed by atoms with Crippen molar-refractivity contribution in [2.75, 3.05) is 6.61 Å². The Morgan fingerprint density at radius 1 is 1.43 bits per heavy atom. The standard InChI is InChI=1S/C13H15N5O3/c14-13(18-20)9-1-3-11(4-2-9)21-7-12(19)16-6-10-5-15-8-17-10/h1-5,8,20H,6-7H2,(H2,14,18)(H,15,17)(H,16,19). The van der Waals surface area contributed by atoms with E-state index < -0.39 is 0 Å². The van der Waals surface area contributed by atoms with Gasteiger partial charge < -0.3 is 26.0 Å². The van der Waals surface area contributed by atoms with Crippen molar-refractivity contribution < 1.29 is 14.7 Å². The molecule has 0 saturated heterocycles. The summed E-state index contributed by atoms with van der Waals surface area (Å²) < 4.78 is 5.33. The first-order chi connectivity index (χ1) is 10.2. The van der Waals surface area contributed by atoms with Gasteiger partial charge >= 0.3 is 0 Å². The summed E-state index contributed by atoms with van der Waals surface area (Å²) in [6.45, 7) is 0.266. The number of carbonyl (C=O) groups is 1. The van der Waals surface area contributed by atoms with Gasteiger partial charge in [0.25, 0.3) is 5.91 Å². The van der Waals surface area contributed by atoms with Crippen LogP contribution in [-0.2, 0) is 11.3 Å². The van der Waals surface area contributed by atoms with Crippen molar-refractivity contribution >= 4 is 11.7 Å². The molecule has 21 heavy (non-hydrogen) atoms. The summed E-state index contributed by atoms with van der Waals surface area (Å²) in [5, 5.41) is 14.1. The average Bonchev–Trinajstić information content (AvgIpc) is 3.04. The lowest BCUT2D eigenvalue weighted by Crippen LogP contribution is -2.28. The highest BCUT2D eigenvalue weighted by molar-refractivity contribution is 5.97. The van der Waals surface area contributed by atoms with Gasteiger partial charge in [0.2, 0.25) is 0 Å². The van der Waals surface area contributed by atoms with Crippen molar-refractivity contribution in [3.63, 3.8) is 0 Å². The number of benzene rings is 1. The van der Waals surface area contributed by atoms with Crippen LogP contribution in [-0.4, -0.2) is 33.5 Å². The molecule has 1 aromatic heterocycles. The van der Waals surface area contributed by atoms with Gasteiger partial charge in [0, 0.05) is 11.8 Å². The maximum absolute atomic E-state index is 11.6. The smallest absolute Gasteiger partial charge is 0.258 e. The van der Waals surface area contributed by atoms with E-state index in [-0.39, 0.29) is 18.3 Å². The molecule has 5 N–H and O–H groups in total. The molecular formula is C13H15N5O3. The molecule has 1 aromatic carbocycles. The number of imidazole rings is 1. The van der Waals surface area contributed by atoms with Crippen LogP contribution < -0.4 is 15.8 Å². The lowest BCUT2D eigenvalue weighted by Gasteiger charge is -2.07. The van der Waals surface area contributed by atoms with E-state index in [2.05, 4.69) is 20.4 Å². The van der Waals surface area contributed by atoms with Gasteiger partial charge in [0.1, 0.15) is 5.75 Å². The zero-order valence-electron chi connectivity index (χ0n) is 11.1. The maximum Gasteiger partial charge on any atom is 0.258 e. The maximum atomic E-state index is 11.6. The van der Waals surface area contributed by atoms with Crippen molar-refractivity contribution in [1.29, 1.82) is 0 Å². The molecule has 0 unspecified atom stereocenters. The molecular weight excluding hydrogens is 274 g/mol. The number of ether oxygens (including phenoxy) is 1. The fraction of sp³-hybridized carbons (Fsp3) is 0.154. The second kappa shape index (κ2) is 6.94. The average molecular weight is 289 g/mol. The number of nitrogens with two attached hydrogens (primary N) is 1. The monoisotopic (exact) mass is 289 g/mol. The number of carbonyl (C=O) groups excluding carboxylic acids is 1. The summed E-state index contributed by atoms with van der Waals surface area (Å²) in [5.74, 6) is 0.283. The number of aromatic amines is 1. The van der Waals surface area contributed by atoms with E-state index in [0.717, 1.165) is 5.69 Å². The topological polar surface area (TPSA) is 126 Å². The highest BCUT2D eigenvalue weighted by Crippen LogP contribution is 2.11. The fourth-order valence-corrected chi connectivity index (χ4v) is 1.55. The van der Waals surface area contributed by atoms with E-state index in [4.69, 9.17) is 15.7 Å². The van der Waals surface area contributed by atoms with Gasteiger partial charge in [-0.25, -0.2) is 4.98 Å². The first-order valence-electron chi connectivity index (χ1n) is 6.13. The van der Waals surface area contributed by atoms with Gasteiger partial charge in [-0.05, 0) is 24.3 Å². The van der Waals surface area contributed by atoms with E-state index >= 15 is 0 Å². The first kappa shape index (κ1) is 14.4. The molecule has 8 heteroatoms. The zero-order valence-corrected chi connectivity index (χ0v) is 11.1. The third-order valence-corrected chi connectivity index (χ3v) is 2.66. The van der Waals surface area contributed by atoms with Crippen LogP contribution in [0.5, 0.6) is 5.75 Å². The third-order valence-electron chi connectivity index (χ3n) is 2.66. The van der Waals surface area contributed by atoms with Crippen LogP contribution in [0.1, 0.15) is 11.3 Å². The minimum absolute atomic E-state index is 0.0128.